The van der Waals surface area contributed by atoms with Crippen LogP contribution in [0.4, 0.5) is 0 Å². The van der Waals surface area contributed by atoms with Crippen molar-refractivity contribution in [1.82, 2.24) is 0 Å². The number of ketones is 1. The molecule has 0 spiro atoms. The van der Waals surface area contributed by atoms with Crippen molar-refractivity contribution in [2.45, 2.75) is 0 Å². The highest BCUT2D eigenvalue weighted by Gasteiger charge is 2.24. The van der Waals surface area contributed by atoms with E-state index in [1.165, 1.54) is 0 Å². The van der Waals surface area contributed by atoms with Crippen molar-refractivity contribution in [2.24, 2.45) is 0 Å². The Balaban J connectivity index is 1.99. The van der Waals surface area contributed by atoms with Crippen LogP contribution in [0.15, 0.2) is 98.1 Å². The lowest BCUT2D eigenvalue weighted by Crippen LogP contribution is -2.10. The lowest BCUT2D eigenvalue weighted by Gasteiger charge is -2.16. The van der Waals surface area contributed by atoms with Crippen LogP contribution < -0.4 is 9.47 Å². The van der Waals surface area contributed by atoms with Crippen molar-refractivity contribution >= 4 is 27.3 Å². The summed E-state index contributed by atoms with van der Waals surface area (Å²) in [7, 11) is 0. The molecule has 0 aliphatic carbocycles. The molecule has 0 bridgehead atoms. The molecule has 0 saturated carbocycles. The smallest absolute Gasteiger partial charge is 0.201 e. The minimum atomic E-state index is -0.137. The Morgan fingerprint density at radius 2 is 1.10 bits per heavy atom. The fourth-order valence-corrected chi connectivity index (χ4v) is 3.63. The molecule has 4 aromatic rings. The van der Waals surface area contributed by atoms with Gasteiger partial charge in [0.25, 0.3) is 0 Å². The van der Waals surface area contributed by atoms with Crippen LogP contribution in [0, 0.1) is 0 Å². The van der Waals surface area contributed by atoms with Gasteiger partial charge in [-0.25, -0.2) is 0 Å². The molecular formula is C27H22O3. The van der Waals surface area contributed by atoms with E-state index in [9.17, 15) is 4.79 Å². The molecule has 4 aromatic carbocycles. The molecule has 30 heavy (non-hydrogen) atoms. The Morgan fingerprint density at radius 1 is 0.667 bits per heavy atom. The van der Waals surface area contributed by atoms with E-state index in [1.54, 1.807) is 12.2 Å². The fourth-order valence-electron chi connectivity index (χ4n) is 3.63. The van der Waals surface area contributed by atoms with Gasteiger partial charge in [0.2, 0.25) is 5.78 Å². The van der Waals surface area contributed by atoms with Crippen molar-refractivity contribution in [3.63, 3.8) is 0 Å². The van der Waals surface area contributed by atoms with Crippen molar-refractivity contribution in [3.8, 4) is 11.5 Å². The van der Waals surface area contributed by atoms with Gasteiger partial charge in [0.1, 0.15) is 24.7 Å². The highest BCUT2D eigenvalue weighted by Crippen LogP contribution is 2.36. The van der Waals surface area contributed by atoms with Crippen molar-refractivity contribution in [2.75, 3.05) is 13.2 Å². The molecule has 0 N–H and O–H groups in total. The number of hydrogen-bond donors (Lipinski definition) is 0. The maximum atomic E-state index is 14.0. The van der Waals surface area contributed by atoms with Gasteiger partial charge >= 0.3 is 0 Å². The summed E-state index contributed by atoms with van der Waals surface area (Å²) in [4.78, 5) is 14.0. The second-order valence-electron chi connectivity index (χ2n) is 6.85. The zero-order chi connectivity index (χ0) is 20.9. The molecule has 0 heterocycles. The second kappa shape index (κ2) is 8.66. The standard InChI is InChI=1S/C27H22O3/c1-3-17-29-23-15-13-19-9-5-7-11-21(19)25(23)27(28)26-22-12-8-6-10-20(22)14-16-24(26)30-18-4-2/h3-16H,1-2,17-18H2. The molecule has 4 rings (SSSR count). The van der Waals surface area contributed by atoms with E-state index in [-0.39, 0.29) is 5.78 Å². The van der Waals surface area contributed by atoms with Crippen LogP contribution in [0.2, 0.25) is 0 Å². The van der Waals surface area contributed by atoms with Crippen molar-refractivity contribution in [1.29, 1.82) is 0 Å². The molecule has 0 radical (unpaired) electrons. The number of carbonyl (C=O) groups excluding carboxylic acids is 1. The highest BCUT2D eigenvalue weighted by atomic mass is 16.5. The maximum Gasteiger partial charge on any atom is 0.201 e. The summed E-state index contributed by atoms with van der Waals surface area (Å²) in [5.74, 6) is 0.920. The Kier molecular flexibility index (Phi) is 5.62. The second-order valence-corrected chi connectivity index (χ2v) is 6.85. The largest absolute Gasteiger partial charge is 0.489 e. The van der Waals surface area contributed by atoms with Gasteiger partial charge in [0.15, 0.2) is 0 Å². The first-order chi connectivity index (χ1) is 14.7. The van der Waals surface area contributed by atoms with Crippen molar-refractivity contribution < 1.29 is 14.3 Å². The number of rotatable bonds is 8. The molecule has 0 unspecified atom stereocenters. The van der Waals surface area contributed by atoms with E-state index in [4.69, 9.17) is 9.47 Å². The third-order valence-corrected chi connectivity index (χ3v) is 4.95. The molecule has 148 valence electrons. The molecule has 0 atom stereocenters. The Morgan fingerprint density at radius 3 is 1.53 bits per heavy atom. The van der Waals surface area contributed by atoms with Crippen LogP contribution in [0.1, 0.15) is 15.9 Å². The minimum absolute atomic E-state index is 0.137. The summed E-state index contributed by atoms with van der Waals surface area (Å²) in [5, 5.41) is 3.62. The monoisotopic (exact) mass is 394 g/mol. The fraction of sp³-hybridized carbons (Fsp3) is 0.0741. The predicted molar refractivity (Wildman–Crippen MR) is 123 cm³/mol. The molecule has 0 fully saturated rings. The summed E-state index contributed by atoms with van der Waals surface area (Å²) in [5.41, 5.74) is 1.05. The Bertz CT molecular complexity index is 1160. The van der Waals surface area contributed by atoms with E-state index in [0.29, 0.717) is 35.8 Å². The number of hydrogen-bond acceptors (Lipinski definition) is 3. The van der Waals surface area contributed by atoms with Gasteiger partial charge in [0, 0.05) is 0 Å². The summed E-state index contributed by atoms with van der Waals surface area (Å²) < 4.78 is 11.7. The minimum Gasteiger partial charge on any atom is -0.489 e. The van der Waals surface area contributed by atoms with E-state index in [0.717, 1.165) is 21.5 Å². The molecule has 0 amide bonds. The van der Waals surface area contributed by atoms with Crippen LogP contribution in [0.5, 0.6) is 11.5 Å². The zero-order valence-electron chi connectivity index (χ0n) is 16.6. The van der Waals surface area contributed by atoms with Gasteiger partial charge in [-0.15, -0.1) is 0 Å². The molecule has 3 nitrogen and oxygen atoms in total. The summed E-state index contributed by atoms with van der Waals surface area (Å²) in [6.45, 7) is 8.07. The van der Waals surface area contributed by atoms with Crippen LogP contribution >= 0.6 is 0 Å². The molecule has 0 aliphatic heterocycles. The van der Waals surface area contributed by atoms with Crippen LogP contribution in [-0.2, 0) is 0 Å². The summed E-state index contributed by atoms with van der Waals surface area (Å²) in [6, 6.07) is 23.2. The third kappa shape index (κ3) is 3.58. The lowest BCUT2D eigenvalue weighted by atomic mass is 9.92. The van der Waals surface area contributed by atoms with E-state index >= 15 is 0 Å². The highest BCUT2D eigenvalue weighted by molar-refractivity contribution is 6.24. The molecule has 3 heteroatoms. The molecule has 0 aliphatic rings. The summed E-state index contributed by atoms with van der Waals surface area (Å²) in [6.07, 6.45) is 3.33. The SMILES string of the molecule is C=CCOc1ccc2ccccc2c1C(=O)c1c(OCC=C)ccc2ccccc12. The first-order valence-corrected chi connectivity index (χ1v) is 9.80. The Hall–Kier alpha value is -3.85. The molecular weight excluding hydrogens is 372 g/mol. The Labute approximate surface area is 175 Å². The van der Waals surface area contributed by atoms with E-state index in [1.807, 2.05) is 72.8 Å². The number of fused-ring (bicyclic) bond motifs is 2. The maximum absolute atomic E-state index is 14.0. The number of benzene rings is 4. The quantitative estimate of drug-likeness (QED) is 0.258. The normalized spacial score (nSPS) is 10.7. The first-order valence-electron chi connectivity index (χ1n) is 9.80. The topological polar surface area (TPSA) is 35.5 Å². The summed E-state index contributed by atoms with van der Waals surface area (Å²) >= 11 is 0. The van der Waals surface area contributed by atoms with E-state index in [2.05, 4.69) is 13.2 Å². The van der Waals surface area contributed by atoms with Gasteiger partial charge in [0.05, 0.1) is 11.1 Å². The van der Waals surface area contributed by atoms with Crippen LogP contribution in [-0.4, -0.2) is 19.0 Å². The lowest BCUT2D eigenvalue weighted by molar-refractivity contribution is 0.103. The molecule has 0 saturated heterocycles. The third-order valence-electron chi connectivity index (χ3n) is 4.95. The first kappa shape index (κ1) is 19.5. The van der Waals surface area contributed by atoms with Gasteiger partial charge in [-0.05, 0) is 33.7 Å². The van der Waals surface area contributed by atoms with Gasteiger partial charge < -0.3 is 9.47 Å². The predicted octanol–water partition coefficient (Wildman–Crippen LogP) is 6.35. The average molecular weight is 394 g/mol. The van der Waals surface area contributed by atoms with Crippen LogP contribution in [0.3, 0.4) is 0 Å². The number of carbonyl (C=O) groups is 1. The number of ether oxygens (including phenoxy) is 2. The van der Waals surface area contributed by atoms with E-state index < -0.39 is 0 Å². The van der Waals surface area contributed by atoms with Gasteiger partial charge in [-0.2, -0.15) is 0 Å². The van der Waals surface area contributed by atoms with Gasteiger partial charge in [-0.1, -0.05) is 86.0 Å². The van der Waals surface area contributed by atoms with Gasteiger partial charge in [-0.3, -0.25) is 4.79 Å². The average Bonchev–Trinajstić information content (AvgIpc) is 2.80. The van der Waals surface area contributed by atoms with Crippen LogP contribution in [0.25, 0.3) is 21.5 Å². The molecule has 0 aromatic heterocycles. The zero-order valence-corrected chi connectivity index (χ0v) is 16.6. The van der Waals surface area contributed by atoms with Crippen molar-refractivity contribution in [3.05, 3.63) is 109 Å².